The molecule has 1 unspecified atom stereocenters. The van der Waals surface area contributed by atoms with E-state index in [0.717, 1.165) is 0 Å². The van der Waals surface area contributed by atoms with Crippen LogP contribution in [0, 0.1) is 5.82 Å². The van der Waals surface area contributed by atoms with E-state index in [2.05, 4.69) is 5.32 Å². The molecule has 1 aliphatic rings. The van der Waals surface area contributed by atoms with E-state index in [4.69, 9.17) is 16.3 Å². The van der Waals surface area contributed by atoms with Crippen LogP contribution in [0.25, 0.3) is 0 Å². The van der Waals surface area contributed by atoms with Gasteiger partial charge in [-0.25, -0.2) is 4.39 Å². The van der Waals surface area contributed by atoms with Crippen LogP contribution in [0.3, 0.4) is 0 Å². The van der Waals surface area contributed by atoms with E-state index in [1.807, 2.05) is 6.92 Å². The summed E-state index contributed by atoms with van der Waals surface area (Å²) in [6.45, 7) is 3.52. The molecule has 1 N–H and O–H groups in total. The van der Waals surface area contributed by atoms with E-state index in [0.29, 0.717) is 31.0 Å². The zero-order chi connectivity index (χ0) is 18.7. The summed E-state index contributed by atoms with van der Waals surface area (Å²) >= 11 is 5.90. The number of nitrogens with zero attached hydrogens (tertiary/aromatic N) is 1. The molecule has 2 aromatic carbocycles. The van der Waals surface area contributed by atoms with Gasteiger partial charge in [-0.1, -0.05) is 17.7 Å². The highest BCUT2D eigenvalue weighted by atomic mass is 35.5. The Morgan fingerprint density at radius 3 is 2.62 bits per heavy atom. The van der Waals surface area contributed by atoms with E-state index in [-0.39, 0.29) is 22.5 Å². The molecule has 7 heteroatoms. The van der Waals surface area contributed by atoms with Crippen molar-refractivity contribution in [2.24, 2.45) is 0 Å². The Labute approximate surface area is 155 Å². The monoisotopic (exact) mass is 376 g/mol. The largest absolute Gasteiger partial charge is 0.377 e. The van der Waals surface area contributed by atoms with Crippen LogP contribution in [0.15, 0.2) is 42.5 Å². The summed E-state index contributed by atoms with van der Waals surface area (Å²) in [7, 11) is 0. The van der Waals surface area contributed by atoms with Crippen LogP contribution in [-0.4, -0.2) is 42.5 Å². The van der Waals surface area contributed by atoms with Crippen LogP contribution >= 0.6 is 11.6 Å². The molecule has 1 saturated heterocycles. The lowest BCUT2D eigenvalue weighted by Crippen LogP contribution is -2.47. The van der Waals surface area contributed by atoms with Gasteiger partial charge in [0.25, 0.3) is 11.8 Å². The summed E-state index contributed by atoms with van der Waals surface area (Å²) in [5, 5.41) is 2.62. The maximum atomic E-state index is 13.8. The second-order valence-corrected chi connectivity index (χ2v) is 6.46. The Balaban J connectivity index is 1.71. The van der Waals surface area contributed by atoms with Crippen molar-refractivity contribution in [3.8, 4) is 0 Å². The third-order valence-corrected chi connectivity index (χ3v) is 4.52. The number of morpholine rings is 1. The van der Waals surface area contributed by atoms with Crippen LogP contribution in [0.2, 0.25) is 5.02 Å². The van der Waals surface area contributed by atoms with E-state index >= 15 is 0 Å². The number of carbonyl (C=O) groups excluding carboxylic acids is 2. The number of carbonyl (C=O) groups is 2. The average molecular weight is 377 g/mol. The number of ether oxygens (including phenoxy) is 1. The van der Waals surface area contributed by atoms with Gasteiger partial charge >= 0.3 is 0 Å². The molecule has 0 bridgehead atoms. The van der Waals surface area contributed by atoms with Crippen molar-refractivity contribution in [1.82, 2.24) is 4.90 Å². The number of rotatable bonds is 3. The van der Waals surface area contributed by atoms with Gasteiger partial charge in [0.15, 0.2) is 0 Å². The van der Waals surface area contributed by atoms with E-state index in [9.17, 15) is 14.0 Å². The van der Waals surface area contributed by atoms with Gasteiger partial charge in [0, 0.05) is 17.8 Å². The number of benzene rings is 2. The molecule has 0 spiro atoms. The zero-order valence-corrected chi connectivity index (χ0v) is 14.9. The first kappa shape index (κ1) is 18.4. The van der Waals surface area contributed by atoms with Gasteiger partial charge in [-0.15, -0.1) is 0 Å². The third-order valence-electron chi connectivity index (χ3n) is 4.21. The average Bonchev–Trinajstić information content (AvgIpc) is 2.62. The number of amides is 2. The first-order valence-corrected chi connectivity index (χ1v) is 8.59. The van der Waals surface area contributed by atoms with Crippen molar-refractivity contribution in [2.45, 2.75) is 13.0 Å². The summed E-state index contributed by atoms with van der Waals surface area (Å²) in [5.74, 6) is -1.42. The summed E-state index contributed by atoms with van der Waals surface area (Å²) in [5.41, 5.74) is 0.748. The van der Waals surface area contributed by atoms with Crippen LogP contribution in [0.5, 0.6) is 0 Å². The Morgan fingerprint density at radius 2 is 1.96 bits per heavy atom. The van der Waals surface area contributed by atoms with Gasteiger partial charge in [-0.3, -0.25) is 9.59 Å². The second kappa shape index (κ2) is 7.85. The molecule has 0 aromatic heterocycles. The molecule has 0 radical (unpaired) electrons. The highest BCUT2D eigenvalue weighted by Gasteiger charge is 2.24. The van der Waals surface area contributed by atoms with Gasteiger partial charge < -0.3 is 15.0 Å². The summed E-state index contributed by atoms with van der Waals surface area (Å²) in [4.78, 5) is 26.6. The predicted octanol–water partition coefficient (Wildman–Crippen LogP) is 3.59. The Morgan fingerprint density at radius 1 is 1.23 bits per heavy atom. The van der Waals surface area contributed by atoms with Crippen molar-refractivity contribution in [1.29, 1.82) is 0 Å². The van der Waals surface area contributed by atoms with Crippen LogP contribution in [0.1, 0.15) is 27.6 Å². The SMILES string of the molecule is CC1COCCN1C(=O)c1ccc(NC(=O)c2c(F)cccc2Cl)cc1. The quantitative estimate of drug-likeness (QED) is 0.890. The van der Waals surface area contributed by atoms with Crippen molar-refractivity contribution in [3.63, 3.8) is 0 Å². The zero-order valence-electron chi connectivity index (χ0n) is 14.2. The molecular weight excluding hydrogens is 359 g/mol. The number of hydrogen-bond donors (Lipinski definition) is 1. The lowest BCUT2D eigenvalue weighted by atomic mass is 10.1. The molecule has 2 aromatic rings. The minimum atomic E-state index is -0.692. The standard InChI is InChI=1S/C19H18ClFN2O3/c1-12-11-26-10-9-23(12)19(25)13-5-7-14(8-6-13)22-18(24)17-15(20)3-2-4-16(17)21/h2-8,12H,9-11H2,1H3,(H,22,24). The van der Waals surface area contributed by atoms with Gasteiger partial charge in [0.1, 0.15) is 5.82 Å². The highest BCUT2D eigenvalue weighted by Crippen LogP contribution is 2.21. The van der Waals surface area contributed by atoms with E-state index in [1.54, 1.807) is 29.2 Å². The summed E-state index contributed by atoms with van der Waals surface area (Å²) in [6, 6.07) is 10.5. The van der Waals surface area contributed by atoms with Gasteiger partial charge in [-0.05, 0) is 43.3 Å². The van der Waals surface area contributed by atoms with Gasteiger partial charge in [0.2, 0.25) is 0 Å². The molecule has 1 aliphatic heterocycles. The smallest absolute Gasteiger partial charge is 0.260 e. The Kier molecular flexibility index (Phi) is 5.54. The van der Waals surface area contributed by atoms with Crippen molar-refractivity contribution in [3.05, 3.63) is 64.4 Å². The summed E-state index contributed by atoms with van der Waals surface area (Å²) < 4.78 is 19.1. The minimum absolute atomic E-state index is 0.0128. The lowest BCUT2D eigenvalue weighted by Gasteiger charge is -2.33. The molecule has 0 saturated carbocycles. The maximum Gasteiger partial charge on any atom is 0.260 e. The van der Waals surface area contributed by atoms with Crippen molar-refractivity contribution >= 4 is 29.1 Å². The first-order valence-electron chi connectivity index (χ1n) is 8.21. The topological polar surface area (TPSA) is 58.6 Å². The van der Waals surface area contributed by atoms with Crippen LogP contribution < -0.4 is 5.32 Å². The molecule has 1 fully saturated rings. The molecule has 5 nitrogen and oxygen atoms in total. The van der Waals surface area contributed by atoms with Gasteiger partial charge in [-0.2, -0.15) is 0 Å². The first-order chi connectivity index (χ1) is 12.5. The number of halogens is 2. The van der Waals surface area contributed by atoms with E-state index < -0.39 is 11.7 Å². The highest BCUT2D eigenvalue weighted by molar-refractivity contribution is 6.34. The van der Waals surface area contributed by atoms with Crippen LogP contribution in [0.4, 0.5) is 10.1 Å². The number of nitrogens with one attached hydrogen (secondary N) is 1. The molecule has 2 amide bonds. The number of hydrogen-bond acceptors (Lipinski definition) is 3. The fourth-order valence-electron chi connectivity index (χ4n) is 2.80. The minimum Gasteiger partial charge on any atom is -0.377 e. The predicted molar refractivity (Wildman–Crippen MR) is 97.1 cm³/mol. The van der Waals surface area contributed by atoms with E-state index in [1.165, 1.54) is 18.2 Å². The normalized spacial score (nSPS) is 17.0. The second-order valence-electron chi connectivity index (χ2n) is 6.05. The van der Waals surface area contributed by atoms with Gasteiger partial charge in [0.05, 0.1) is 29.8 Å². The molecule has 3 rings (SSSR count). The summed E-state index contributed by atoms with van der Waals surface area (Å²) in [6.07, 6.45) is 0. The Hall–Kier alpha value is -2.44. The fourth-order valence-corrected chi connectivity index (χ4v) is 3.05. The maximum absolute atomic E-state index is 13.8. The molecule has 0 aliphatic carbocycles. The number of anilines is 1. The van der Waals surface area contributed by atoms with Crippen LogP contribution in [-0.2, 0) is 4.74 Å². The lowest BCUT2D eigenvalue weighted by molar-refractivity contribution is 0.00359. The van der Waals surface area contributed by atoms with Crippen molar-refractivity contribution in [2.75, 3.05) is 25.1 Å². The fraction of sp³-hybridized carbons (Fsp3) is 0.263. The Bertz CT molecular complexity index is 806. The molecule has 26 heavy (non-hydrogen) atoms. The molecule has 1 heterocycles. The molecule has 1 atom stereocenters. The molecular formula is C19H18ClFN2O3. The van der Waals surface area contributed by atoms with Crippen molar-refractivity contribution < 1.29 is 18.7 Å². The third kappa shape index (κ3) is 3.86. The molecule has 136 valence electrons.